The van der Waals surface area contributed by atoms with Crippen LogP contribution >= 0.6 is 31.9 Å². The van der Waals surface area contributed by atoms with Gasteiger partial charge in [0.25, 0.3) is 5.91 Å². The summed E-state index contributed by atoms with van der Waals surface area (Å²) in [6.07, 6.45) is 0.764. The van der Waals surface area contributed by atoms with Crippen LogP contribution in [0.1, 0.15) is 5.56 Å². The van der Waals surface area contributed by atoms with Crippen molar-refractivity contribution in [3.63, 3.8) is 0 Å². The molecule has 3 N–H and O–H groups in total. The molecule has 19 heavy (non-hydrogen) atoms. The van der Waals surface area contributed by atoms with E-state index in [9.17, 15) is 4.79 Å². The molecule has 0 heterocycles. The van der Waals surface area contributed by atoms with Crippen LogP contribution in [0.3, 0.4) is 0 Å². The summed E-state index contributed by atoms with van der Waals surface area (Å²) in [7, 11) is 0. The highest BCUT2D eigenvalue weighted by atomic mass is 79.9. The van der Waals surface area contributed by atoms with Gasteiger partial charge in [-0.05, 0) is 62.5 Å². The molecule has 102 valence electrons. The number of benzene rings is 1. The van der Waals surface area contributed by atoms with E-state index >= 15 is 0 Å². The van der Waals surface area contributed by atoms with Crippen LogP contribution in [-0.2, 0) is 11.2 Å². The number of carbonyl (C=O) groups is 1. The van der Waals surface area contributed by atoms with E-state index in [4.69, 9.17) is 15.7 Å². The minimum atomic E-state index is -0.341. The van der Waals surface area contributed by atoms with E-state index in [0.29, 0.717) is 12.3 Å². The van der Waals surface area contributed by atoms with E-state index in [1.54, 1.807) is 0 Å². The first-order chi connectivity index (χ1) is 9.08. The molecule has 0 fully saturated rings. The molecular weight excluding hydrogens is 378 g/mol. The van der Waals surface area contributed by atoms with Gasteiger partial charge < -0.3 is 15.8 Å². The number of carbonyl (C=O) groups excluding carboxylic acids is 1. The van der Waals surface area contributed by atoms with Crippen molar-refractivity contribution in [2.75, 3.05) is 19.7 Å². The Bertz CT molecular complexity index is 477. The molecule has 0 atom stereocenters. The number of nitriles is 1. The molecule has 0 bridgehead atoms. The zero-order valence-electron chi connectivity index (χ0n) is 10.1. The number of halogens is 2. The fourth-order valence-electron chi connectivity index (χ4n) is 1.39. The zero-order valence-corrected chi connectivity index (χ0v) is 13.3. The first-order valence-electron chi connectivity index (χ1n) is 5.53. The van der Waals surface area contributed by atoms with Gasteiger partial charge in [-0.2, -0.15) is 5.26 Å². The number of ether oxygens (including phenoxy) is 1. The molecule has 1 aromatic rings. The monoisotopic (exact) mass is 389 g/mol. The van der Waals surface area contributed by atoms with Crippen molar-refractivity contribution in [3.05, 3.63) is 26.6 Å². The molecule has 0 spiro atoms. The van der Waals surface area contributed by atoms with Crippen molar-refractivity contribution in [2.24, 2.45) is 5.73 Å². The Kier molecular flexibility index (Phi) is 6.84. The molecule has 1 rings (SSSR count). The van der Waals surface area contributed by atoms with Crippen molar-refractivity contribution in [1.82, 2.24) is 5.32 Å². The Morgan fingerprint density at radius 2 is 2.05 bits per heavy atom. The molecule has 0 saturated heterocycles. The third-order valence-corrected chi connectivity index (χ3v) is 3.38. The molecule has 0 saturated carbocycles. The van der Waals surface area contributed by atoms with Crippen LogP contribution in [-0.4, -0.2) is 25.6 Å². The Balaban J connectivity index is 2.69. The molecule has 0 aliphatic rings. The van der Waals surface area contributed by atoms with Gasteiger partial charge in [0.05, 0.1) is 15.0 Å². The van der Waals surface area contributed by atoms with Crippen molar-refractivity contribution in [1.29, 1.82) is 5.26 Å². The summed E-state index contributed by atoms with van der Waals surface area (Å²) < 4.78 is 6.91. The number of nitrogens with zero attached hydrogens (tertiary/aromatic N) is 1. The minimum absolute atomic E-state index is 0.0278. The number of hydrogen-bond acceptors (Lipinski definition) is 4. The summed E-state index contributed by atoms with van der Waals surface area (Å²) in [5, 5.41) is 10.7. The average molecular weight is 391 g/mol. The molecule has 0 radical (unpaired) electrons. The van der Waals surface area contributed by atoms with Crippen molar-refractivity contribution in [2.45, 2.75) is 6.42 Å². The Morgan fingerprint density at radius 1 is 1.42 bits per heavy atom. The van der Waals surface area contributed by atoms with Crippen LogP contribution in [0.4, 0.5) is 0 Å². The molecule has 7 heteroatoms. The number of amides is 1. The van der Waals surface area contributed by atoms with Gasteiger partial charge in [0.2, 0.25) is 0 Å². The summed E-state index contributed by atoms with van der Waals surface area (Å²) in [6, 6.07) is 5.63. The van der Waals surface area contributed by atoms with Crippen molar-refractivity contribution < 1.29 is 9.53 Å². The first-order valence-corrected chi connectivity index (χ1v) is 7.11. The SMILES string of the molecule is N#CCNC(=O)COc1c(Br)cc(CCN)cc1Br. The fraction of sp³-hybridized carbons (Fsp3) is 0.333. The van der Waals surface area contributed by atoms with Crippen LogP contribution < -0.4 is 15.8 Å². The highest BCUT2D eigenvalue weighted by Gasteiger charge is 2.10. The molecule has 1 aromatic carbocycles. The Labute approximate surface area is 128 Å². The van der Waals surface area contributed by atoms with E-state index in [2.05, 4.69) is 37.2 Å². The number of rotatable bonds is 6. The van der Waals surface area contributed by atoms with Gasteiger partial charge in [0.15, 0.2) is 6.61 Å². The lowest BCUT2D eigenvalue weighted by Crippen LogP contribution is -2.29. The minimum Gasteiger partial charge on any atom is -0.481 e. The smallest absolute Gasteiger partial charge is 0.258 e. The van der Waals surface area contributed by atoms with Crippen molar-refractivity contribution >= 4 is 37.8 Å². The topological polar surface area (TPSA) is 88.1 Å². The average Bonchev–Trinajstić information content (AvgIpc) is 2.35. The van der Waals surface area contributed by atoms with Gasteiger partial charge in [0.1, 0.15) is 12.3 Å². The second kappa shape index (κ2) is 8.15. The maximum Gasteiger partial charge on any atom is 0.258 e. The summed E-state index contributed by atoms with van der Waals surface area (Å²) in [6.45, 7) is 0.394. The van der Waals surface area contributed by atoms with Gasteiger partial charge in [-0.15, -0.1) is 0 Å². The lowest BCUT2D eigenvalue weighted by atomic mass is 10.1. The molecule has 0 aliphatic heterocycles. The summed E-state index contributed by atoms with van der Waals surface area (Å²) in [4.78, 5) is 11.3. The van der Waals surface area contributed by atoms with Crippen LogP contribution in [0.15, 0.2) is 21.1 Å². The molecular formula is C12H13Br2N3O2. The Morgan fingerprint density at radius 3 is 2.58 bits per heavy atom. The predicted octanol–water partition coefficient (Wildman–Crippen LogP) is 1.73. The summed E-state index contributed by atoms with van der Waals surface area (Å²) in [5.41, 5.74) is 6.57. The normalized spacial score (nSPS) is 9.79. The van der Waals surface area contributed by atoms with Crippen LogP contribution in [0.2, 0.25) is 0 Å². The number of nitrogens with two attached hydrogens (primary N) is 1. The van der Waals surface area contributed by atoms with E-state index in [0.717, 1.165) is 20.9 Å². The van der Waals surface area contributed by atoms with Crippen molar-refractivity contribution in [3.8, 4) is 11.8 Å². The van der Waals surface area contributed by atoms with Gasteiger partial charge >= 0.3 is 0 Å². The number of nitrogens with one attached hydrogen (secondary N) is 1. The van der Waals surface area contributed by atoms with Gasteiger partial charge in [-0.3, -0.25) is 4.79 Å². The second-order valence-electron chi connectivity index (χ2n) is 3.65. The van der Waals surface area contributed by atoms with Crippen LogP contribution in [0.25, 0.3) is 0 Å². The van der Waals surface area contributed by atoms with Crippen LogP contribution in [0, 0.1) is 11.3 Å². The second-order valence-corrected chi connectivity index (χ2v) is 5.36. The highest BCUT2D eigenvalue weighted by Crippen LogP contribution is 2.34. The fourth-order valence-corrected chi connectivity index (χ4v) is 2.90. The zero-order chi connectivity index (χ0) is 14.3. The lowest BCUT2D eigenvalue weighted by Gasteiger charge is -2.11. The van der Waals surface area contributed by atoms with E-state index < -0.39 is 0 Å². The molecule has 1 amide bonds. The summed E-state index contributed by atoms with van der Waals surface area (Å²) >= 11 is 6.78. The maximum absolute atomic E-state index is 11.3. The first kappa shape index (κ1) is 16.0. The lowest BCUT2D eigenvalue weighted by molar-refractivity contribution is -0.122. The third kappa shape index (κ3) is 5.19. The maximum atomic E-state index is 11.3. The van der Waals surface area contributed by atoms with E-state index in [1.165, 1.54) is 0 Å². The molecule has 0 aliphatic carbocycles. The van der Waals surface area contributed by atoms with E-state index in [-0.39, 0.29) is 19.1 Å². The molecule has 0 aromatic heterocycles. The largest absolute Gasteiger partial charge is 0.481 e. The Hall–Kier alpha value is -1.10. The predicted molar refractivity (Wildman–Crippen MR) is 78.7 cm³/mol. The van der Waals surface area contributed by atoms with E-state index in [1.807, 2.05) is 18.2 Å². The highest BCUT2D eigenvalue weighted by molar-refractivity contribution is 9.11. The molecule has 5 nitrogen and oxygen atoms in total. The molecule has 0 unspecified atom stereocenters. The van der Waals surface area contributed by atoms with Gasteiger partial charge in [-0.1, -0.05) is 0 Å². The quantitative estimate of drug-likeness (QED) is 0.724. The number of hydrogen-bond donors (Lipinski definition) is 2. The van der Waals surface area contributed by atoms with Gasteiger partial charge in [-0.25, -0.2) is 0 Å². The standard InChI is InChI=1S/C12H13Br2N3O2/c13-9-5-8(1-2-15)6-10(14)12(9)19-7-11(18)17-4-3-16/h5-6H,1-2,4,7,15H2,(H,17,18). The van der Waals surface area contributed by atoms with Gasteiger partial charge in [0, 0.05) is 0 Å². The third-order valence-electron chi connectivity index (χ3n) is 2.20. The summed E-state index contributed by atoms with van der Waals surface area (Å²) in [5.74, 6) is 0.208. The van der Waals surface area contributed by atoms with Crippen LogP contribution in [0.5, 0.6) is 5.75 Å².